The number of amides is 4. The zero-order valence-electron chi connectivity index (χ0n) is 20.9. The molecule has 0 aliphatic carbocycles. The van der Waals surface area contributed by atoms with Crippen LogP contribution in [-0.2, 0) is 16.1 Å². The van der Waals surface area contributed by atoms with Gasteiger partial charge in [-0.1, -0.05) is 6.07 Å². The van der Waals surface area contributed by atoms with Gasteiger partial charge in [-0.3, -0.25) is 24.5 Å². The Labute approximate surface area is 210 Å². The topological polar surface area (TPSA) is 99.3 Å². The van der Waals surface area contributed by atoms with Crippen LogP contribution in [0.4, 0.5) is 0 Å². The molecule has 1 saturated heterocycles. The van der Waals surface area contributed by atoms with E-state index in [1.807, 2.05) is 44.1 Å². The first-order chi connectivity index (χ1) is 17.2. The van der Waals surface area contributed by atoms with Gasteiger partial charge in [0, 0.05) is 30.6 Å². The molecule has 3 atom stereocenters. The molecule has 2 aromatic rings. The second-order valence-electron chi connectivity index (χ2n) is 9.93. The Morgan fingerprint density at radius 2 is 1.89 bits per heavy atom. The summed E-state index contributed by atoms with van der Waals surface area (Å²) in [5.41, 5.74) is 3.87. The summed E-state index contributed by atoms with van der Waals surface area (Å²) in [5.74, 6) is -0.383. The molecule has 3 heterocycles. The highest BCUT2D eigenvalue weighted by atomic mass is 16.5. The molecule has 2 aromatic carbocycles. The minimum atomic E-state index is -0.704. The van der Waals surface area contributed by atoms with Crippen LogP contribution >= 0.6 is 0 Å². The number of piperidine rings is 1. The van der Waals surface area contributed by atoms with Crippen LogP contribution in [0.15, 0.2) is 36.4 Å². The number of benzene rings is 2. The van der Waals surface area contributed by atoms with Gasteiger partial charge in [0.05, 0.1) is 19.2 Å². The van der Waals surface area contributed by atoms with E-state index in [9.17, 15) is 19.2 Å². The lowest BCUT2D eigenvalue weighted by Crippen LogP contribution is -2.53. The third kappa shape index (κ3) is 3.93. The number of likely N-dealkylation sites (N-methyl/N-ethyl adjacent to an activating group) is 1. The van der Waals surface area contributed by atoms with Crippen LogP contribution in [0, 0.1) is 0 Å². The maximum atomic E-state index is 13.8. The number of carbonyl (C=O) groups excluding carboxylic acids is 4. The van der Waals surface area contributed by atoms with Gasteiger partial charge in [-0.25, -0.2) is 0 Å². The zero-order valence-corrected chi connectivity index (χ0v) is 20.9. The van der Waals surface area contributed by atoms with Crippen molar-refractivity contribution in [1.29, 1.82) is 0 Å². The van der Waals surface area contributed by atoms with Crippen molar-refractivity contribution in [2.24, 2.45) is 0 Å². The van der Waals surface area contributed by atoms with Crippen molar-refractivity contribution in [2.75, 3.05) is 27.7 Å². The van der Waals surface area contributed by atoms with Crippen molar-refractivity contribution in [2.45, 2.75) is 44.4 Å². The highest BCUT2D eigenvalue weighted by Gasteiger charge is 2.43. The van der Waals surface area contributed by atoms with Crippen LogP contribution in [0.25, 0.3) is 0 Å². The molecule has 1 fully saturated rings. The highest BCUT2D eigenvalue weighted by molar-refractivity contribution is 6.06. The molecule has 1 unspecified atom stereocenters. The molecular formula is C27H30N4O5. The average Bonchev–Trinajstić information content (AvgIpc) is 3.32. The molecule has 1 N–H and O–H groups in total. The second kappa shape index (κ2) is 9.05. The third-order valence-corrected chi connectivity index (χ3v) is 7.40. The van der Waals surface area contributed by atoms with Crippen molar-refractivity contribution in [3.63, 3.8) is 0 Å². The van der Waals surface area contributed by atoms with E-state index in [-0.39, 0.29) is 36.2 Å². The van der Waals surface area contributed by atoms with Gasteiger partial charge in [0.1, 0.15) is 11.8 Å². The van der Waals surface area contributed by atoms with Crippen molar-refractivity contribution < 1.29 is 23.9 Å². The van der Waals surface area contributed by atoms with Crippen LogP contribution in [0.5, 0.6) is 5.75 Å². The summed E-state index contributed by atoms with van der Waals surface area (Å²) in [5, 5.41) is 2.33. The largest absolute Gasteiger partial charge is 0.497 e. The predicted octanol–water partition coefficient (Wildman–Crippen LogP) is 2.28. The van der Waals surface area contributed by atoms with Crippen LogP contribution in [0.3, 0.4) is 0 Å². The SMILES string of the molecule is COc1ccc2c(c1)CN(C(=O)c1ccc3c(c1)[C@@H](C)N(C1CCC(=O)NC1=O)C3=O)[C@H]2CN(C)C. The van der Waals surface area contributed by atoms with E-state index in [1.165, 1.54) is 4.90 Å². The Morgan fingerprint density at radius 1 is 1.11 bits per heavy atom. The van der Waals surface area contributed by atoms with Gasteiger partial charge in [-0.2, -0.15) is 0 Å². The molecule has 3 aliphatic rings. The minimum absolute atomic E-state index is 0.110. The van der Waals surface area contributed by atoms with Crippen molar-refractivity contribution in [3.05, 3.63) is 64.2 Å². The van der Waals surface area contributed by atoms with Crippen LogP contribution in [0.1, 0.15) is 69.3 Å². The van der Waals surface area contributed by atoms with Gasteiger partial charge < -0.3 is 19.4 Å². The first-order valence-corrected chi connectivity index (χ1v) is 12.1. The Bertz CT molecular complexity index is 1270. The van der Waals surface area contributed by atoms with E-state index < -0.39 is 11.9 Å². The van der Waals surface area contributed by atoms with E-state index in [0.717, 1.165) is 22.4 Å². The number of imide groups is 1. The number of fused-ring (bicyclic) bond motifs is 2. The van der Waals surface area contributed by atoms with Gasteiger partial charge in [0.25, 0.3) is 11.8 Å². The summed E-state index contributed by atoms with van der Waals surface area (Å²) < 4.78 is 5.38. The summed E-state index contributed by atoms with van der Waals surface area (Å²) >= 11 is 0. The molecule has 0 saturated carbocycles. The number of nitrogens with one attached hydrogen (secondary N) is 1. The number of nitrogens with zero attached hydrogens (tertiary/aromatic N) is 3. The number of hydrogen-bond acceptors (Lipinski definition) is 6. The maximum Gasteiger partial charge on any atom is 0.255 e. The van der Waals surface area contributed by atoms with Gasteiger partial charge >= 0.3 is 0 Å². The van der Waals surface area contributed by atoms with Crippen LogP contribution in [0.2, 0.25) is 0 Å². The Balaban J connectivity index is 1.43. The van der Waals surface area contributed by atoms with E-state index in [0.29, 0.717) is 30.6 Å². The fourth-order valence-electron chi connectivity index (χ4n) is 5.61. The fraction of sp³-hybridized carbons (Fsp3) is 0.407. The summed E-state index contributed by atoms with van der Waals surface area (Å²) in [6.07, 6.45) is 0.489. The summed E-state index contributed by atoms with van der Waals surface area (Å²) in [6.45, 7) is 3.00. The Hall–Kier alpha value is -3.72. The van der Waals surface area contributed by atoms with E-state index >= 15 is 0 Å². The predicted molar refractivity (Wildman–Crippen MR) is 131 cm³/mol. The number of rotatable bonds is 5. The van der Waals surface area contributed by atoms with E-state index in [4.69, 9.17) is 4.74 Å². The molecule has 36 heavy (non-hydrogen) atoms. The first-order valence-electron chi connectivity index (χ1n) is 12.1. The Kier molecular flexibility index (Phi) is 6.04. The first kappa shape index (κ1) is 24.0. The number of hydrogen-bond donors (Lipinski definition) is 1. The van der Waals surface area contributed by atoms with Gasteiger partial charge in [-0.15, -0.1) is 0 Å². The number of ether oxygens (including phenoxy) is 1. The van der Waals surface area contributed by atoms with Crippen molar-refractivity contribution in [3.8, 4) is 5.75 Å². The quantitative estimate of drug-likeness (QED) is 0.646. The zero-order chi connectivity index (χ0) is 25.7. The minimum Gasteiger partial charge on any atom is -0.497 e. The standard InChI is InChI=1S/C27H30N4O5/c1-15-21-12-16(5-7-20(21)27(35)31(15)22-9-10-24(32)28-25(22)33)26(34)30-13-17-11-18(36-4)6-8-19(17)23(30)14-29(2)3/h5-8,11-12,15,22-23H,9-10,13-14H2,1-4H3,(H,28,32,33)/t15-,22?,23+/m1/s1. The lowest BCUT2D eigenvalue weighted by molar-refractivity contribution is -0.137. The van der Waals surface area contributed by atoms with Crippen molar-refractivity contribution in [1.82, 2.24) is 20.0 Å². The number of carbonyl (C=O) groups is 4. The molecule has 9 heteroatoms. The maximum absolute atomic E-state index is 13.8. The van der Waals surface area contributed by atoms with E-state index in [1.54, 1.807) is 25.3 Å². The molecule has 0 spiro atoms. The second-order valence-corrected chi connectivity index (χ2v) is 9.93. The molecular weight excluding hydrogens is 460 g/mol. The normalized spacial score (nSPS) is 23.1. The monoisotopic (exact) mass is 490 g/mol. The summed E-state index contributed by atoms with van der Waals surface area (Å²) in [7, 11) is 5.59. The lowest BCUT2D eigenvalue weighted by Gasteiger charge is -2.33. The lowest BCUT2D eigenvalue weighted by atomic mass is 10.00. The Morgan fingerprint density at radius 3 is 2.58 bits per heavy atom. The number of methoxy groups -OCH3 is 1. The van der Waals surface area contributed by atoms with Gasteiger partial charge in [0.15, 0.2) is 0 Å². The molecule has 9 nitrogen and oxygen atoms in total. The highest BCUT2D eigenvalue weighted by Crippen LogP contribution is 2.40. The fourth-order valence-corrected chi connectivity index (χ4v) is 5.61. The average molecular weight is 491 g/mol. The molecule has 0 aromatic heterocycles. The molecule has 188 valence electrons. The summed E-state index contributed by atoms with van der Waals surface area (Å²) in [6, 6.07) is 9.87. The molecule has 3 aliphatic heterocycles. The molecule has 4 amide bonds. The van der Waals surface area contributed by atoms with Crippen LogP contribution in [-0.4, -0.2) is 72.1 Å². The van der Waals surface area contributed by atoms with Gasteiger partial charge in [-0.05, 0) is 74.5 Å². The molecule has 0 radical (unpaired) electrons. The molecule has 0 bridgehead atoms. The smallest absolute Gasteiger partial charge is 0.255 e. The van der Waals surface area contributed by atoms with Gasteiger partial charge in [0.2, 0.25) is 11.8 Å². The van der Waals surface area contributed by atoms with E-state index in [2.05, 4.69) is 10.2 Å². The third-order valence-electron chi connectivity index (χ3n) is 7.40. The van der Waals surface area contributed by atoms with Crippen LogP contribution < -0.4 is 10.1 Å². The molecule has 5 rings (SSSR count). The van der Waals surface area contributed by atoms with Crippen molar-refractivity contribution >= 4 is 23.6 Å². The summed E-state index contributed by atoms with van der Waals surface area (Å²) in [4.78, 5) is 56.5.